The van der Waals surface area contributed by atoms with Crippen LogP contribution < -0.4 is 16.4 Å². The van der Waals surface area contributed by atoms with Crippen molar-refractivity contribution >= 4 is 22.8 Å². The Labute approximate surface area is 136 Å². The van der Waals surface area contributed by atoms with Gasteiger partial charge in [-0.15, -0.1) is 0 Å². The third-order valence-electron chi connectivity index (χ3n) is 3.61. The number of rotatable bonds is 4. The predicted molar refractivity (Wildman–Crippen MR) is 88.4 cm³/mol. The standard InChI is InChI=1S/C17H16FN3O3/c1-2-21-14-8-7-13(9-15(14)24-17(21)23)20-16(22)19-10-11-3-5-12(18)6-4-11/h3-9H,2,10H2,1H3,(H2,19,20,22). The number of urea groups is 1. The van der Waals surface area contributed by atoms with Crippen molar-refractivity contribution < 1.29 is 13.6 Å². The van der Waals surface area contributed by atoms with Gasteiger partial charge in [-0.3, -0.25) is 4.57 Å². The zero-order valence-electron chi connectivity index (χ0n) is 13.0. The van der Waals surface area contributed by atoms with Gasteiger partial charge < -0.3 is 15.1 Å². The Morgan fingerprint density at radius 1 is 1.21 bits per heavy atom. The van der Waals surface area contributed by atoms with E-state index < -0.39 is 11.8 Å². The molecule has 0 unspecified atom stereocenters. The van der Waals surface area contributed by atoms with Crippen LogP contribution in [0.25, 0.3) is 11.1 Å². The molecule has 0 fully saturated rings. The largest absolute Gasteiger partial charge is 0.419 e. The fraction of sp³-hybridized carbons (Fsp3) is 0.176. The molecule has 6 nitrogen and oxygen atoms in total. The van der Waals surface area contributed by atoms with E-state index in [2.05, 4.69) is 10.6 Å². The number of carbonyl (C=O) groups is 1. The van der Waals surface area contributed by atoms with Crippen molar-refractivity contribution in [3.05, 3.63) is 64.4 Å². The van der Waals surface area contributed by atoms with Crippen molar-refractivity contribution in [3.63, 3.8) is 0 Å². The van der Waals surface area contributed by atoms with Gasteiger partial charge >= 0.3 is 11.8 Å². The number of anilines is 1. The molecule has 2 aromatic carbocycles. The molecular formula is C17H16FN3O3. The molecule has 0 aliphatic heterocycles. The molecule has 3 rings (SSSR count). The van der Waals surface area contributed by atoms with Crippen LogP contribution in [0.2, 0.25) is 0 Å². The van der Waals surface area contributed by atoms with Crippen LogP contribution in [0.15, 0.2) is 51.7 Å². The lowest BCUT2D eigenvalue weighted by molar-refractivity contribution is 0.251. The number of halogens is 1. The number of carbonyl (C=O) groups excluding carboxylic acids is 1. The first kappa shape index (κ1) is 15.8. The minimum absolute atomic E-state index is 0.273. The highest BCUT2D eigenvalue weighted by Crippen LogP contribution is 2.18. The zero-order chi connectivity index (χ0) is 17.1. The van der Waals surface area contributed by atoms with Crippen LogP contribution in [0.3, 0.4) is 0 Å². The summed E-state index contributed by atoms with van der Waals surface area (Å²) in [5.41, 5.74) is 2.39. The monoisotopic (exact) mass is 329 g/mol. The highest BCUT2D eigenvalue weighted by atomic mass is 19.1. The summed E-state index contributed by atoms with van der Waals surface area (Å²) in [5, 5.41) is 5.34. The SMILES string of the molecule is CCn1c(=O)oc2cc(NC(=O)NCc3ccc(F)cc3)ccc21. The number of oxazole rings is 1. The van der Waals surface area contributed by atoms with Crippen LogP contribution in [0.1, 0.15) is 12.5 Å². The second-order valence-corrected chi connectivity index (χ2v) is 5.23. The van der Waals surface area contributed by atoms with Crippen LogP contribution >= 0.6 is 0 Å². The second kappa shape index (κ2) is 6.57. The number of amides is 2. The van der Waals surface area contributed by atoms with E-state index in [0.29, 0.717) is 23.3 Å². The number of hydrogen-bond donors (Lipinski definition) is 2. The molecule has 1 aromatic heterocycles. The molecule has 124 valence electrons. The van der Waals surface area contributed by atoms with Crippen LogP contribution in [0.5, 0.6) is 0 Å². The van der Waals surface area contributed by atoms with Gasteiger partial charge in [0.25, 0.3) is 0 Å². The number of hydrogen-bond acceptors (Lipinski definition) is 3. The van der Waals surface area contributed by atoms with E-state index in [0.717, 1.165) is 5.56 Å². The van der Waals surface area contributed by atoms with Crippen LogP contribution in [-0.4, -0.2) is 10.6 Å². The number of fused-ring (bicyclic) bond motifs is 1. The minimum atomic E-state index is -0.426. The van der Waals surface area contributed by atoms with Gasteiger partial charge in [0.15, 0.2) is 5.58 Å². The number of aromatic nitrogens is 1. The van der Waals surface area contributed by atoms with Crippen molar-refractivity contribution in [3.8, 4) is 0 Å². The Morgan fingerprint density at radius 3 is 2.67 bits per heavy atom. The molecule has 1 heterocycles. The molecule has 0 spiro atoms. The van der Waals surface area contributed by atoms with E-state index in [-0.39, 0.29) is 12.4 Å². The molecule has 0 atom stereocenters. The van der Waals surface area contributed by atoms with Gasteiger partial charge in [-0.25, -0.2) is 14.0 Å². The van der Waals surface area contributed by atoms with Crippen molar-refractivity contribution in [2.75, 3.05) is 5.32 Å². The summed E-state index contributed by atoms with van der Waals surface area (Å²) in [7, 11) is 0. The maximum Gasteiger partial charge on any atom is 0.419 e. The topological polar surface area (TPSA) is 76.3 Å². The average Bonchev–Trinajstić information content (AvgIpc) is 2.88. The molecule has 3 aromatic rings. The third-order valence-corrected chi connectivity index (χ3v) is 3.61. The first-order valence-corrected chi connectivity index (χ1v) is 7.49. The molecular weight excluding hydrogens is 313 g/mol. The summed E-state index contributed by atoms with van der Waals surface area (Å²) in [5.74, 6) is -0.748. The Morgan fingerprint density at radius 2 is 1.96 bits per heavy atom. The van der Waals surface area contributed by atoms with Crippen molar-refractivity contribution in [1.82, 2.24) is 9.88 Å². The first-order valence-electron chi connectivity index (χ1n) is 7.49. The van der Waals surface area contributed by atoms with Crippen molar-refractivity contribution in [1.29, 1.82) is 0 Å². The van der Waals surface area contributed by atoms with Gasteiger partial charge in [0.05, 0.1) is 5.52 Å². The summed E-state index contributed by atoms with van der Waals surface area (Å²) < 4.78 is 19.5. The summed E-state index contributed by atoms with van der Waals surface area (Å²) in [4.78, 5) is 23.6. The van der Waals surface area contributed by atoms with E-state index in [9.17, 15) is 14.0 Å². The summed E-state index contributed by atoms with van der Waals surface area (Å²) in [6, 6.07) is 10.5. The van der Waals surface area contributed by atoms with E-state index >= 15 is 0 Å². The van der Waals surface area contributed by atoms with Gasteiger partial charge in [0.2, 0.25) is 0 Å². The summed E-state index contributed by atoms with van der Waals surface area (Å²) >= 11 is 0. The lowest BCUT2D eigenvalue weighted by atomic mass is 10.2. The maximum absolute atomic E-state index is 12.8. The quantitative estimate of drug-likeness (QED) is 0.772. The van der Waals surface area contributed by atoms with Crippen molar-refractivity contribution in [2.45, 2.75) is 20.0 Å². The molecule has 0 saturated carbocycles. The van der Waals surface area contributed by atoms with Crippen molar-refractivity contribution in [2.24, 2.45) is 0 Å². The average molecular weight is 329 g/mol. The lowest BCUT2D eigenvalue weighted by Gasteiger charge is -2.08. The summed E-state index contributed by atoms with van der Waals surface area (Å²) in [6.07, 6.45) is 0. The number of benzene rings is 2. The van der Waals surface area contributed by atoms with E-state index in [4.69, 9.17) is 4.42 Å². The highest BCUT2D eigenvalue weighted by molar-refractivity contribution is 5.91. The van der Waals surface area contributed by atoms with Crippen LogP contribution in [0, 0.1) is 5.82 Å². The van der Waals surface area contributed by atoms with Gasteiger partial charge in [0, 0.05) is 24.8 Å². The smallest absolute Gasteiger partial charge is 0.408 e. The fourth-order valence-corrected chi connectivity index (χ4v) is 2.40. The molecule has 0 saturated heterocycles. The Hall–Kier alpha value is -3.09. The predicted octanol–water partition coefficient (Wildman–Crippen LogP) is 3.08. The Balaban J connectivity index is 1.66. The maximum atomic E-state index is 12.8. The molecule has 0 bridgehead atoms. The molecule has 24 heavy (non-hydrogen) atoms. The highest BCUT2D eigenvalue weighted by Gasteiger charge is 2.09. The molecule has 0 radical (unpaired) electrons. The Kier molecular flexibility index (Phi) is 4.33. The van der Waals surface area contributed by atoms with Gasteiger partial charge in [-0.05, 0) is 36.8 Å². The molecule has 0 aliphatic rings. The molecule has 2 N–H and O–H groups in total. The normalized spacial score (nSPS) is 10.8. The third kappa shape index (κ3) is 3.29. The first-order chi connectivity index (χ1) is 11.6. The number of nitrogens with zero attached hydrogens (tertiary/aromatic N) is 1. The molecule has 2 amide bonds. The van der Waals surface area contributed by atoms with E-state index in [1.54, 1.807) is 30.3 Å². The lowest BCUT2D eigenvalue weighted by Crippen LogP contribution is -2.28. The van der Waals surface area contributed by atoms with Gasteiger partial charge in [-0.2, -0.15) is 0 Å². The summed E-state index contributed by atoms with van der Waals surface area (Å²) in [6.45, 7) is 2.64. The number of aryl methyl sites for hydroxylation is 1. The molecule has 7 heteroatoms. The van der Waals surface area contributed by atoms with E-state index in [1.165, 1.54) is 16.7 Å². The second-order valence-electron chi connectivity index (χ2n) is 5.23. The van der Waals surface area contributed by atoms with E-state index in [1.807, 2.05) is 6.92 Å². The van der Waals surface area contributed by atoms with Gasteiger partial charge in [0.1, 0.15) is 5.82 Å². The zero-order valence-corrected chi connectivity index (χ0v) is 13.0. The van der Waals surface area contributed by atoms with Crippen LogP contribution in [-0.2, 0) is 13.1 Å². The fourth-order valence-electron chi connectivity index (χ4n) is 2.40. The number of nitrogens with one attached hydrogen (secondary N) is 2. The molecule has 0 aliphatic carbocycles. The minimum Gasteiger partial charge on any atom is -0.408 e. The van der Waals surface area contributed by atoms with Gasteiger partial charge in [-0.1, -0.05) is 12.1 Å². The Bertz CT molecular complexity index is 928. The van der Waals surface area contributed by atoms with Crippen LogP contribution in [0.4, 0.5) is 14.9 Å².